The molecule has 0 spiro atoms. The molecular formula is C14H19Cl2N3S. The highest BCUT2D eigenvalue weighted by Crippen LogP contribution is 2.22. The minimum atomic E-state index is 0.437. The Kier molecular flexibility index (Phi) is 5.90. The number of anilines is 1. The van der Waals surface area contributed by atoms with Gasteiger partial charge in [-0.25, -0.2) is 0 Å². The Morgan fingerprint density at radius 2 is 1.85 bits per heavy atom. The number of nitrogens with one attached hydrogen (secondary N) is 2. The van der Waals surface area contributed by atoms with Gasteiger partial charge in [0.05, 0.1) is 0 Å². The normalized spacial score (nSPS) is 16.9. The van der Waals surface area contributed by atoms with Gasteiger partial charge >= 0.3 is 0 Å². The molecule has 0 aliphatic carbocycles. The van der Waals surface area contributed by atoms with E-state index in [0.29, 0.717) is 21.2 Å². The summed E-state index contributed by atoms with van der Waals surface area (Å²) in [7, 11) is 0. The van der Waals surface area contributed by atoms with Crippen LogP contribution in [0.2, 0.25) is 10.0 Å². The predicted molar refractivity (Wildman–Crippen MR) is 91.0 cm³/mol. The highest BCUT2D eigenvalue weighted by Gasteiger charge is 2.18. The van der Waals surface area contributed by atoms with Crippen LogP contribution in [0.4, 0.5) is 5.69 Å². The van der Waals surface area contributed by atoms with Crippen molar-refractivity contribution in [3.63, 3.8) is 0 Å². The molecule has 1 aromatic carbocycles. The van der Waals surface area contributed by atoms with Crippen LogP contribution < -0.4 is 10.6 Å². The zero-order chi connectivity index (χ0) is 14.5. The first kappa shape index (κ1) is 15.8. The smallest absolute Gasteiger partial charge is 0.170 e. The van der Waals surface area contributed by atoms with Gasteiger partial charge in [-0.3, -0.25) is 0 Å². The lowest BCUT2D eigenvalue weighted by atomic mass is 10.1. The first-order valence-electron chi connectivity index (χ1n) is 6.83. The lowest BCUT2D eigenvalue weighted by Gasteiger charge is -2.32. The standard InChI is InChI=1S/C14H19Cl2N3S/c1-2-19-5-3-12(4-6-19)17-14(20)18-13-8-10(15)7-11(16)9-13/h7-9,12H,2-6H2,1H3,(H2,17,18,20). The van der Waals surface area contributed by atoms with Crippen LogP contribution in [-0.4, -0.2) is 35.7 Å². The second-order valence-electron chi connectivity index (χ2n) is 4.97. The van der Waals surface area contributed by atoms with Crippen LogP contribution in [0.5, 0.6) is 0 Å². The van der Waals surface area contributed by atoms with Gasteiger partial charge in [-0.2, -0.15) is 0 Å². The summed E-state index contributed by atoms with van der Waals surface area (Å²) in [5, 5.41) is 8.31. The minimum Gasteiger partial charge on any atom is -0.360 e. The van der Waals surface area contributed by atoms with E-state index in [-0.39, 0.29) is 0 Å². The Bertz CT molecular complexity index is 453. The summed E-state index contributed by atoms with van der Waals surface area (Å²) in [5.74, 6) is 0. The average molecular weight is 332 g/mol. The maximum Gasteiger partial charge on any atom is 0.170 e. The number of rotatable bonds is 3. The molecule has 2 N–H and O–H groups in total. The summed E-state index contributed by atoms with van der Waals surface area (Å²) in [6.07, 6.45) is 2.23. The van der Waals surface area contributed by atoms with Crippen LogP contribution in [0.3, 0.4) is 0 Å². The number of nitrogens with zero attached hydrogens (tertiary/aromatic N) is 1. The van der Waals surface area contributed by atoms with Gasteiger partial charge in [-0.15, -0.1) is 0 Å². The zero-order valence-electron chi connectivity index (χ0n) is 11.5. The van der Waals surface area contributed by atoms with Crippen LogP contribution in [0, 0.1) is 0 Å². The third-order valence-electron chi connectivity index (χ3n) is 3.49. The highest BCUT2D eigenvalue weighted by atomic mass is 35.5. The zero-order valence-corrected chi connectivity index (χ0v) is 13.8. The minimum absolute atomic E-state index is 0.437. The molecule has 1 saturated heterocycles. The van der Waals surface area contributed by atoms with Gasteiger partial charge in [0.15, 0.2) is 5.11 Å². The van der Waals surface area contributed by atoms with Crippen molar-refractivity contribution in [3.05, 3.63) is 28.2 Å². The van der Waals surface area contributed by atoms with Crippen LogP contribution in [-0.2, 0) is 0 Å². The van der Waals surface area contributed by atoms with Gasteiger partial charge in [0.2, 0.25) is 0 Å². The lowest BCUT2D eigenvalue weighted by Crippen LogP contribution is -2.45. The van der Waals surface area contributed by atoms with Crippen molar-refractivity contribution >= 4 is 46.2 Å². The van der Waals surface area contributed by atoms with Crippen molar-refractivity contribution in [1.29, 1.82) is 0 Å². The molecule has 1 aliphatic heterocycles. The van der Waals surface area contributed by atoms with E-state index in [0.717, 1.165) is 38.2 Å². The largest absolute Gasteiger partial charge is 0.360 e. The molecule has 0 aromatic heterocycles. The summed E-state index contributed by atoms with van der Waals surface area (Å²) in [5.41, 5.74) is 0.811. The van der Waals surface area contributed by atoms with Gasteiger partial charge < -0.3 is 15.5 Å². The average Bonchev–Trinajstić information content (AvgIpc) is 2.38. The van der Waals surface area contributed by atoms with Crippen molar-refractivity contribution < 1.29 is 0 Å². The number of hydrogen-bond acceptors (Lipinski definition) is 2. The van der Waals surface area contributed by atoms with Crippen molar-refractivity contribution in [1.82, 2.24) is 10.2 Å². The number of hydrogen-bond donors (Lipinski definition) is 2. The third kappa shape index (κ3) is 4.77. The van der Waals surface area contributed by atoms with Gasteiger partial charge in [0, 0.05) is 34.9 Å². The molecule has 110 valence electrons. The molecule has 20 heavy (non-hydrogen) atoms. The molecule has 0 atom stereocenters. The summed E-state index contributed by atoms with van der Waals surface area (Å²) >= 11 is 17.3. The van der Waals surface area contributed by atoms with Crippen molar-refractivity contribution in [2.45, 2.75) is 25.8 Å². The Labute approximate surface area is 135 Å². The molecule has 1 aliphatic rings. The van der Waals surface area contributed by atoms with E-state index in [1.54, 1.807) is 18.2 Å². The van der Waals surface area contributed by atoms with E-state index in [9.17, 15) is 0 Å². The fourth-order valence-electron chi connectivity index (χ4n) is 2.37. The quantitative estimate of drug-likeness (QED) is 0.824. The molecule has 1 heterocycles. The van der Waals surface area contributed by atoms with Crippen LogP contribution in [0.1, 0.15) is 19.8 Å². The van der Waals surface area contributed by atoms with Crippen molar-refractivity contribution in [2.75, 3.05) is 25.0 Å². The summed E-state index contributed by atoms with van der Waals surface area (Å²) in [6, 6.07) is 5.75. The van der Waals surface area contributed by atoms with Crippen LogP contribution >= 0.6 is 35.4 Å². The number of benzene rings is 1. The van der Waals surface area contributed by atoms with E-state index >= 15 is 0 Å². The topological polar surface area (TPSA) is 27.3 Å². The molecule has 2 rings (SSSR count). The van der Waals surface area contributed by atoms with E-state index in [4.69, 9.17) is 35.4 Å². The molecule has 0 unspecified atom stereocenters. The van der Waals surface area contributed by atoms with Crippen LogP contribution in [0.15, 0.2) is 18.2 Å². The molecule has 0 saturated carbocycles. The summed E-state index contributed by atoms with van der Waals surface area (Å²) in [4.78, 5) is 2.45. The molecule has 6 heteroatoms. The molecular weight excluding hydrogens is 313 g/mol. The molecule has 0 amide bonds. The van der Waals surface area contributed by atoms with E-state index in [1.165, 1.54) is 0 Å². The Balaban J connectivity index is 1.83. The maximum atomic E-state index is 5.96. The van der Waals surface area contributed by atoms with Crippen molar-refractivity contribution in [2.24, 2.45) is 0 Å². The maximum absolute atomic E-state index is 5.96. The van der Waals surface area contributed by atoms with E-state index in [2.05, 4.69) is 22.5 Å². The fraction of sp³-hybridized carbons (Fsp3) is 0.500. The highest BCUT2D eigenvalue weighted by molar-refractivity contribution is 7.80. The Hall–Kier alpha value is -0.550. The Morgan fingerprint density at radius 1 is 1.25 bits per heavy atom. The molecule has 1 fully saturated rings. The second-order valence-corrected chi connectivity index (χ2v) is 6.25. The van der Waals surface area contributed by atoms with Gasteiger partial charge in [0.1, 0.15) is 0 Å². The third-order valence-corrected chi connectivity index (χ3v) is 4.15. The number of piperidine rings is 1. The number of halogens is 2. The number of thiocarbonyl (C=S) groups is 1. The monoisotopic (exact) mass is 331 g/mol. The van der Waals surface area contributed by atoms with Gasteiger partial charge in [-0.1, -0.05) is 30.1 Å². The molecule has 3 nitrogen and oxygen atoms in total. The van der Waals surface area contributed by atoms with E-state index in [1.807, 2.05) is 0 Å². The van der Waals surface area contributed by atoms with Crippen molar-refractivity contribution in [3.8, 4) is 0 Å². The van der Waals surface area contributed by atoms with Gasteiger partial charge in [-0.05, 0) is 49.8 Å². The molecule has 0 bridgehead atoms. The van der Waals surface area contributed by atoms with Gasteiger partial charge in [0.25, 0.3) is 0 Å². The second kappa shape index (κ2) is 7.46. The fourth-order valence-corrected chi connectivity index (χ4v) is 3.18. The summed E-state index contributed by atoms with van der Waals surface area (Å²) < 4.78 is 0. The lowest BCUT2D eigenvalue weighted by molar-refractivity contribution is 0.216. The predicted octanol–water partition coefficient (Wildman–Crippen LogP) is 3.76. The molecule has 1 aromatic rings. The van der Waals surface area contributed by atoms with Crippen LogP contribution in [0.25, 0.3) is 0 Å². The SMILES string of the molecule is CCN1CCC(NC(=S)Nc2cc(Cl)cc(Cl)c2)CC1. The summed E-state index contributed by atoms with van der Waals surface area (Å²) in [6.45, 7) is 5.57. The molecule has 0 radical (unpaired) electrons. The Morgan fingerprint density at radius 3 is 2.40 bits per heavy atom. The first-order valence-corrected chi connectivity index (χ1v) is 7.99. The first-order chi connectivity index (χ1) is 9.56. The van der Waals surface area contributed by atoms with E-state index < -0.39 is 0 Å². The number of likely N-dealkylation sites (tertiary alicyclic amines) is 1.